The molecule has 2 heterocycles. The van der Waals surface area contributed by atoms with E-state index in [0.717, 1.165) is 61.1 Å². The van der Waals surface area contributed by atoms with Gasteiger partial charge >= 0.3 is 6.03 Å². The Morgan fingerprint density at radius 1 is 1.09 bits per heavy atom. The summed E-state index contributed by atoms with van der Waals surface area (Å²) in [7, 11) is 0. The fraction of sp³-hybridized carbons (Fsp3) is 0.385. The molecule has 0 spiro atoms. The Bertz CT molecular complexity index is 1110. The van der Waals surface area contributed by atoms with E-state index in [1.165, 1.54) is 11.1 Å². The van der Waals surface area contributed by atoms with Gasteiger partial charge in [-0.05, 0) is 73.6 Å². The summed E-state index contributed by atoms with van der Waals surface area (Å²) in [6, 6.07) is 18.4. The van der Waals surface area contributed by atoms with Gasteiger partial charge < -0.3 is 25.4 Å². The molecule has 2 atom stereocenters. The highest BCUT2D eigenvalue weighted by Crippen LogP contribution is 2.33. The molecule has 7 nitrogen and oxygen atoms in total. The van der Waals surface area contributed by atoms with Crippen LogP contribution in [0.2, 0.25) is 0 Å². The van der Waals surface area contributed by atoms with Crippen LogP contribution in [-0.4, -0.2) is 37.1 Å². The Labute approximate surface area is 193 Å². The van der Waals surface area contributed by atoms with Crippen molar-refractivity contribution < 1.29 is 14.3 Å². The lowest BCUT2D eigenvalue weighted by Crippen LogP contribution is -2.33. The number of rotatable bonds is 7. The lowest BCUT2D eigenvalue weighted by molar-refractivity contribution is -0.160. The lowest BCUT2D eigenvalue weighted by Gasteiger charge is -2.22. The highest BCUT2D eigenvalue weighted by atomic mass is 16.7. The minimum Gasteiger partial charge on any atom is -0.363 e. The van der Waals surface area contributed by atoms with Gasteiger partial charge in [0, 0.05) is 24.2 Å². The topological polar surface area (TPSA) is 84.5 Å². The molecule has 2 amide bonds. The van der Waals surface area contributed by atoms with Crippen molar-refractivity contribution in [3.63, 3.8) is 0 Å². The van der Waals surface area contributed by atoms with Crippen LogP contribution in [0.3, 0.4) is 0 Å². The first-order valence-corrected chi connectivity index (χ1v) is 11.8. The summed E-state index contributed by atoms with van der Waals surface area (Å²) < 4.78 is 11.2. The predicted octanol–water partition coefficient (Wildman–Crippen LogP) is 5.00. The maximum absolute atomic E-state index is 12.2. The number of hydrogen-bond donors (Lipinski definition) is 3. The van der Waals surface area contributed by atoms with Crippen LogP contribution in [0.15, 0.2) is 54.6 Å². The molecule has 1 aromatic heterocycles. The van der Waals surface area contributed by atoms with E-state index in [-0.39, 0.29) is 12.3 Å². The van der Waals surface area contributed by atoms with Crippen LogP contribution in [0.1, 0.15) is 42.9 Å². The highest BCUT2D eigenvalue weighted by Gasteiger charge is 2.22. The second-order valence-electron chi connectivity index (χ2n) is 8.59. The summed E-state index contributed by atoms with van der Waals surface area (Å²) in [5, 5.41) is 10.2. The van der Waals surface area contributed by atoms with Crippen molar-refractivity contribution in [1.29, 1.82) is 0 Å². The highest BCUT2D eigenvalue weighted by molar-refractivity contribution is 5.92. The fourth-order valence-electron chi connectivity index (χ4n) is 4.54. The average molecular weight is 447 g/mol. The Hall–Kier alpha value is -3.16. The monoisotopic (exact) mass is 446 g/mol. The molecule has 1 unspecified atom stereocenters. The van der Waals surface area contributed by atoms with Crippen LogP contribution in [0.25, 0.3) is 10.9 Å². The molecule has 5 rings (SSSR count). The number of anilines is 2. The minimum atomic E-state index is -0.256. The number of carbonyl (C=O) groups is 1. The van der Waals surface area contributed by atoms with Crippen LogP contribution in [0.4, 0.5) is 16.3 Å². The molecule has 172 valence electrons. The van der Waals surface area contributed by atoms with E-state index in [4.69, 9.17) is 14.5 Å². The molecular weight excluding hydrogens is 416 g/mol. The summed E-state index contributed by atoms with van der Waals surface area (Å²) in [4.78, 5) is 17.0. The minimum absolute atomic E-state index is 0.139. The Morgan fingerprint density at radius 2 is 2.03 bits per heavy atom. The number of nitrogens with one attached hydrogen (secondary N) is 3. The quantitative estimate of drug-likeness (QED) is 0.445. The van der Waals surface area contributed by atoms with Gasteiger partial charge in [0.15, 0.2) is 6.29 Å². The number of aromatic nitrogens is 1. The second kappa shape index (κ2) is 10.2. The molecule has 2 aromatic carbocycles. The van der Waals surface area contributed by atoms with Crippen LogP contribution < -0.4 is 16.0 Å². The number of benzene rings is 2. The van der Waals surface area contributed by atoms with E-state index < -0.39 is 0 Å². The molecule has 1 fully saturated rings. The van der Waals surface area contributed by atoms with Crippen molar-refractivity contribution in [3.8, 4) is 0 Å². The number of carbonyl (C=O) groups excluding carboxylic acids is 1. The molecule has 1 aliphatic heterocycles. The van der Waals surface area contributed by atoms with Crippen LogP contribution >= 0.6 is 0 Å². The van der Waals surface area contributed by atoms with Gasteiger partial charge in [-0.1, -0.05) is 24.3 Å². The van der Waals surface area contributed by atoms with Crippen molar-refractivity contribution in [2.45, 2.75) is 44.4 Å². The van der Waals surface area contributed by atoms with Crippen molar-refractivity contribution in [2.75, 3.05) is 30.4 Å². The van der Waals surface area contributed by atoms with Gasteiger partial charge in [0.05, 0.1) is 18.2 Å². The maximum Gasteiger partial charge on any atom is 0.319 e. The van der Waals surface area contributed by atoms with Gasteiger partial charge in [-0.2, -0.15) is 0 Å². The number of hydrogen-bond acceptors (Lipinski definition) is 5. The van der Waals surface area contributed by atoms with Gasteiger partial charge in [0.1, 0.15) is 5.82 Å². The molecule has 7 heteroatoms. The lowest BCUT2D eigenvalue weighted by atomic mass is 10.1. The van der Waals surface area contributed by atoms with Crippen molar-refractivity contribution in [2.24, 2.45) is 0 Å². The molecule has 33 heavy (non-hydrogen) atoms. The van der Waals surface area contributed by atoms with Crippen LogP contribution in [0, 0.1) is 0 Å². The summed E-state index contributed by atoms with van der Waals surface area (Å²) in [5.41, 5.74) is 4.39. The molecule has 2 aliphatic rings. The maximum atomic E-state index is 12.2. The number of pyridine rings is 1. The average Bonchev–Trinajstić information content (AvgIpc) is 3.25. The Morgan fingerprint density at radius 3 is 2.94 bits per heavy atom. The normalized spacial score (nSPS) is 19.8. The molecule has 3 aromatic rings. The molecule has 0 bridgehead atoms. The first-order valence-electron chi connectivity index (χ1n) is 11.8. The molecule has 0 saturated carbocycles. The van der Waals surface area contributed by atoms with Gasteiger partial charge in [0.25, 0.3) is 0 Å². The zero-order valence-corrected chi connectivity index (χ0v) is 18.7. The van der Waals surface area contributed by atoms with E-state index in [9.17, 15) is 4.79 Å². The Kier molecular flexibility index (Phi) is 6.69. The fourth-order valence-corrected chi connectivity index (χ4v) is 4.54. The van der Waals surface area contributed by atoms with Gasteiger partial charge in [-0.3, -0.25) is 0 Å². The van der Waals surface area contributed by atoms with E-state index in [2.05, 4.69) is 40.2 Å². The zero-order valence-electron chi connectivity index (χ0n) is 18.7. The van der Waals surface area contributed by atoms with Gasteiger partial charge in [-0.25, -0.2) is 9.78 Å². The summed E-state index contributed by atoms with van der Waals surface area (Å²) in [6.07, 6.45) is 5.17. The van der Waals surface area contributed by atoms with Crippen molar-refractivity contribution >= 4 is 28.4 Å². The SMILES string of the molecule is O=C(NCCOC1CCCCO1)Nc1ccc2nc(N[C@@H]3CCc4ccccc43)ccc2c1. The predicted molar refractivity (Wildman–Crippen MR) is 129 cm³/mol. The first kappa shape index (κ1) is 21.7. The number of nitrogens with zero attached hydrogens (tertiary/aromatic N) is 1. The van der Waals surface area contributed by atoms with Gasteiger partial charge in [0.2, 0.25) is 0 Å². The largest absolute Gasteiger partial charge is 0.363 e. The standard InChI is InChI=1S/C26H30N4O3/c31-26(27-14-16-33-25-7-3-4-15-32-25)28-20-10-12-22-19(17-20)9-13-24(29-22)30-23-11-8-18-5-1-2-6-21(18)23/h1-2,5-6,9-10,12-13,17,23,25H,3-4,7-8,11,14-16H2,(H,29,30)(H2,27,28,31)/t23-,25?/m1/s1. The molecule has 0 radical (unpaired) electrons. The van der Waals surface area contributed by atoms with E-state index in [1.807, 2.05) is 30.3 Å². The molecule has 1 aliphatic carbocycles. The van der Waals surface area contributed by atoms with E-state index >= 15 is 0 Å². The third-order valence-electron chi connectivity index (χ3n) is 6.23. The van der Waals surface area contributed by atoms with Crippen molar-refractivity contribution in [3.05, 3.63) is 65.7 Å². The molecule has 3 N–H and O–H groups in total. The number of urea groups is 1. The Balaban J connectivity index is 1.13. The zero-order chi connectivity index (χ0) is 22.5. The van der Waals surface area contributed by atoms with Crippen molar-refractivity contribution in [1.82, 2.24) is 10.3 Å². The van der Waals surface area contributed by atoms with Crippen LogP contribution in [0.5, 0.6) is 0 Å². The van der Waals surface area contributed by atoms with Gasteiger partial charge in [-0.15, -0.1) is 0 Å². The first-order chi connectivity index (χ1) is 16.2. The van der Waals surface area contributed by atoms with E-state index in [0.29, 0.717) is 19.2 Å². The molecular formula is C26H30N4O3. The summed E-state index contributed by atoms with van der Waals surface area (Å²) >= 11 is 0. The smallest absolute Gasteiger partial charge is 0.319 e. The van der Waals surface area contributed by atoms with Crippen LogP contribution in [-0.2, 0) is 15.9 Å². The third kappa shape index (κ3) is 5.43. The number of ether oxygens (including phenoxy) is 2. The third-order valence-corrected chi connectivity index (χ3v) is 6.23. The number of fused-ring (bicyclic) bond motifs is 2. The molecule has 1 saturated heterocycles. The summed E-state index contributed by atoms with van der Waals surface area (Å²) in [5.74, 6) is 0.865. The summed E-state index contributed by atoms with van der Waals surface area (Å²) in [6.45, 7) is 1.61. The number of amides is 2. The van der Waals surface area contributed by atoms with E-state index in [1.54, 1.807) is 0 Å². The second-order valence-corrected chi connectivity index (χ2v) is 8.59. The number of aryl methyl sites for hydroxylation is 1.